The molecule has 0 N–H and O–H groups in total. The molecule has 14 heavy (non-hydrogen) atoms. The van der Waals surface area contributed by atoms with Crippen LogP contribution in [0.1, 0.15) is 57.5 Å². The van der Waals surface area contributed by atoms with Gasteiger partial charge in [0.25, 0.3) is 0 Å². The van der Waals surface area contributed by atoms with Gasteiger partial charge in [0.1, 0.15) is 11.5 Å². The summed E-state index contributed by atoms with van der Waals surface area (Å²) >= 11 is 0. The molecule has 0 amide bonds. The van der Waals surface area contributed by atoms with E-state index in [1.165, 1.54) is 37.9 Å². The van der Waals surface area contributed by atoms with Crippen molar-refractivity contribution in [2.45, 2.75) is 58.8 Å². The molecule has 0 aromatic carbocycles. The molecule has 0 atom stereocenters. The average Bonchev–Trinajstić information content (AvgIpc) is 2.61. The Labute approximate surface area is 87.5 Å². The van der Waals surface area contributed by atoms with Crippen LogP contribution in [0.5, 0.6) is 0 Å². The van der Waals surface area contributed by atoms with Crippen LogP contribution in [0, 0.1) is 0 Å². The highest BCUT2D eigenvalue weighted by Gasteiger charge is 2.00. The molecule has 1 aromatic heterocycles. The van der Waals surface area contributed by atoms with Crippen LogP contribution in [0.3, 0.4) is 0 Å². The molecular weight excluding hydrogens is 172 g/mol. The summed E-state index contributed by atoms with van der Waals surface area (Å²) < 4.78 is 5.70. The maximum absolute atomic E-state index is 5.70. The first-order valence-electron chi connectivity index (χ1n) is 5.94. The van der Waals surface area contributed by atoms with Gasteiger partial charge in [0.15, 0.2) is 0 Å². The summed E-state index contributed by atoms with van der Waals surface area (Å²) in [6.45, 7) is 4.43. The van der Waals surface area contributed by atoms with Crippen molar-refractivity contribution in [1.29, 1.82) is 0 Å². The van der Waals surface area contributed by atoms with Crippen molar-refractivity contribution in [2.75, 3.05) is 0 Å². The molecule has 1 heterocycles. The Kier molecular flexibility index (Phi) is 5.43. The monoisotopic (exact) mass is 194 g/mol. The summed E-state index contributed by atoms with van der Waals surface area (Å²) in [5, 5.41) is 0. The molecule has 0 bridgehead atoms. The number of hydrogen-bond acceptors (Lipinski definition) is 1. The van der Waals surface area contributed by atoms with Gasteiger partial charge in [-0.2, -0.15) is 0 Å². The topological polar surface area (TPSA) is 13.1 Å². The van der Waals surface area contributed by atoms with Crippen molar-refractivity contribution in [1.82, 2.24) is 0 Å². The van der Waals surface area contributed by atoms with Gasteiger partial charge in [-0.25, -0.2) is 0 Å². The van der Waals surface area contributed by atoms with Crippen LogP contribution in [0.4, 0.5) is 0 Å². The van der Waals surface area contributed by atoms with Crippen molar-refractivity contribution < 1.29 is 4.42 Å². The van der Waals surface area contributed by atoms with E-state index in [2.05, 4.69) is 26.0 Å². The van der Waals surface area contributed by atoms with E-state index < -0.39 is 0 Å². The fourth-order valence-corrected chi connectivity index (χ4v) is 1.66. The van der Waals surface area contributed by atoms with E-state index >= 15 is 0 Å². The number of aryl methyl sites for hydroxylation is 2. The van der Waals surface area contributed by atoms with Gasteiger partial charge in [-0.15, -0.1) is 0 Å². The van der Waals surface area contributed by atoms with E-state index in [0.29, 0.717) is 0 Å². The normalized spacial score (nSPS) is 10.7. The zero-order valence-corrected chi connectivity index (χ0v) is 9.51. The first-order valence-corrected chi connectivity index (χ1v) is 5.94. The first kappa shape index (κ1) is 11.4. The standard InChI is InChI=1S/C13H22O/c1-3-5-6-7-9-13-11-10-12(14-13)8-4-2/h10-11H,3-9H2,1-2H3. The zero-order chi connectivity index (χ0) is 10.2. The zero-order valence-electron chi connectivity index (χ0n) is 9.51. The van der Waals surface area contributed by atoms with Gasteiger partial charge in [-0.1, -0.05) is 33.1 Å². The number of unbranched alkanes of at least 4 members (excludes halogenated alkanes) is 3. The van der Waals surface area contributed by atoms with E-state index in [1.807, 2.05) is 0 Å². The molecule has 0 fully saturated rings. The average molecular weight is 194 g/mol. The van der Waals surface area contributed by atoms with E-state index in [4.69, 9.17) is 4.42 Å². The van der Waals surface area contributed by atoms with Gasteiger partial charge < -0.3 is 4.42 Å². The molecule has 0 radical (unpaired) electrons. The second kappa shape index (κ2) is 6.69. The minimum Gasteiger partial charge on any atom is -0.466 e. The van der Waals surface area contributed by atoms with Crippen molar-refractivity contribution in [3.8, 4) is 0 Å². The second-order valence-electron chi connectivity index (χ2n) is 3.93. The minimum absolute atomic E-state index is 1.08. The third kappa shape index (κ3) is 3.99. The Balaban J connectivity index is 2.22. The predicted octanol–water partition coefficient (Wildman–Crippen LogP) is 4.35. The maximum atomic E-state index is 5.70. The molecular formula is C13H22O. The van der Waals surface area contributed by atoms with Gasteiger partial charge in [0, 0.05) is 12.8 Å². The molecule has 1 heteroatoms. The van der Waals surface area contributed by atoms with Gasteiger partial charge in [0.2, 0.25) is 0 Å². The molecule has 0 spiro atoms. The molecule has 1 rings (SSSR count). The van der Waals surface area contributed by atoms with Gasteiger partial charge in [0.05, 0.1) is 0 Å². The summed E-state index contributed by atoms with van der Waals surface area (Å²) in [6, 6.07) is 4.26. The Hall–Kier alpha value is -0.720. The summed E-state index contributed by atoms with van der Waals surface area (Å²) in [4.78, 5) is 0. The number of furan rings is 1. The van der Waals surface area contributed by atoms with Crippen LogP contribution in [-0.2, 0) is 12.8 Å². The van der Waals surface area contributed by atoms with Gasteiger partial charge in [-0.05, 0) is 25.0 Å². The van der Waals surface area contributed by atoms with E-state index in [1.54, 1.807) is 0 Å². The van der Waals surface area contributed by atoms with Crippen molar-refractivity contribution in [3.63, 3.8) is 0 Å². The lowest BCUT2D eigenvalue weighted by Crippen LogP contribution is -1.82. The Morgan fingerprint density at radius 2 is 1.57 bits per heavy atom. The summed E-state index contributed by atoms with van der Waals surface area (Å²) in [7, 11) is 0. The Morgan fingerprint density at radius 1 is 0.857 bits per heavy atom. The highest BCUT2D eigenvalue weighted by molar-refractivity contribution is 5.07. The number of rotatable bonds is 7. The first-order chi connectivity index (χ1) is 6.86. The van der Waals surface area contributed by atoms with E-state index in [-0.39, 0.29) is 0 Å². The van der Waals surface area contributed by atoms with Crippen molar-refractivity contribution in [2.24, 2.45) is 0 Å². The fraction of sp³-hybridized carbons (Fsp3) is 0.692. The number of hydrogen-bond donors (Lipinski definition) is 0. The van der Waals surface area contributed by atoms with Gasteiger partial charge in [-0.3, -0.25) is 0 Å². The predicted molar refractivity (Wildman–Crippen MR) is 60.5 cm³/mol. The van der Waals surface area contributed by atoms with Crippen LogP contribution in [0.25, 0.3) is 0 Å². The Bertz CT molecular complexity index is 237. The molecule has 80 valence electrons. The summed E-state index contributed by atoms with van der Waals surface area (Å²) in [6.07, 6.45) is 8.62. The van der Waals surface area contributed by atoms with E-state index in [9.17, 15) is 0 Å². The maximum Gasteiger partial charge on any atom is 0.104 e. The second-order valence-corrected chi connectivity index (χ2v) is 3.93. The molecule has 0 unspecified atom stereocenters. The Morgan fingerprint density at radius 3 is 2.21 bits per heavy atom. The lowest BCUT2D eigenvalue weighted by Gasteiger charge is -1.97. The highest BCUT2D eigenvalue weighted by Crippen LogP contribution is 2.13. The molecule has 0 aliphatic heterocycles. The van der Waals surface area contributed by atoms with Crippen LogP contribution in [0.15, 0.2) is 16.5 Å². The van der Waals surface area contributed by atoms with Crippen LogP contribution in [-0.4, -0.2) is 0 Å². The summed E-state index contributed by atoms with van der Waals surface area (Å²) in [5.41, 5.74) is 0. The van der Waals surface area contributed by atoms with Crippen LogP contribution < -0.4 is 0 Å². The largest absolute Gasteiger partial charge is 0.466 e. The van der Waals surface area contributed by atoms with Crippen LogP contribution in [0.2, 0.25) is 0 Å². The minimum atomic E-state index is 1.08. The molecule has 1 nitrogen and oxygen atoms in total. The third-order valence-electron chi connectivity index (χ3n) is 2.49. The van der Waals surface area contributed by atoms with Gasteiger partial charge >= 0.3 is 0 Å². The molecule has 0 saturated heterocycles. The molecule has 0 aliphatic carbocycles. The van der Waals surface area contributed by atoms with E-state index in [0.717, 1.165) is 18.6 Å². The highest BCUT2D eigenvalue weighted by atomic mass is 16.3. The third-order valence-corrected chi connectivity index (χ3v) is 2.49. The fourth-order valence-electron chi connectivity index (χ4n) is 1.66. The molecule has 0 aliphatic rings. The lowest BCUT2D eigenvalue weighted by molar-refractivity contribution is 0.453. The molecule has 1 aromatic rings. The van der Waals surface area contributed by atoms with Crippen LogP contribution >= 0.6 is 0 Å². The quantitative estimate of drug-likeness (QED) is 0.588. The smallest absolute Gasteiger partial charge is 0.104 e. The molecule has 0 saturated carbocycles. The SMILES string of the molecule is CCCCCCc1ccc(CCC)o1. The lowest BCUT2D eigenvalue weighted by atomic mass is 10.1. The van der Waals surface area contributed by atoms with Crippen molar-refractivity contribution in [3.05, 3.63) is 23.7 Å². The summed E-state index contributed by atoms with van der Waals surface area (Å²) in [5.74, 6) is 2.32. The van der Waals surface area contributed by atoms with Crippen molar-refractivity contribution >= 4 is 0 Å².